The Bertz CT molecular complexity index is 229. The Hall–Kier alpha value is -0.570. The van der Waals surface area contributed by atoms with Crippen LogP contribution in [0.5, 0.6) is 0 Å². The largest absolute Gasteiger partial charge is 0.356 e. The highest BCUT2D eigenvalue weighted by atomic mass is 16.1. The summed E-state index contributed by atoms with van der Waals surface area (Å²) in [5.41, 5.74) is 5.74. The summed E-state index contributed by atoms with van der Waals surface area (Å²) in [6.07, 6.45) is 6.48. The summed E-state index contributed by atoms with van der Waals surface area (Å²) in [5.74, 6) is 1.74. The fraction of sp³-hybridized carbons (Fsp3) is 0.938. The molecule has 0 aromatic heterocycles. The number of nitrogens with two attached hydrogens (primary N) is 1. The van der Waals surface area contributed by atoms with E-state index in [-0.39, 0.29) is 5.91 Å². The summed E-state index contributed by atoms with van der Waals surface area (Å²) in [7, 11) is 0. The second-order valence-corrected chi connectivity index (χ2v) is 6.16. The average molecular weight is 270 g/mol. The van der Waals surface area contributed by atoms with E-state index in [0.29, 0.717) is 30.7 Å². The van der Waals surface area contributed by atoms with Crippen LogP contribution in [0.2, 0.25) is 0 Å². The van der Waals surface area contributed by atoms with Crippen LogP contribution in [0.25, 0.3) is 0 Å². The van der Waals surface area contributed by atoms with E-state index in [0.717, 1.165) is 19.4 Å². The minimum Gasteiger partial charge on any atom is -0.356 e. The van der Waals surface area contributed by atoms with Gasteiger partial charge in [-0.2, -0.15) is 0 Å². The number of nitrogens with one attached hydrogen (secondary N) is 1. The van der Waals surface area contributed by atoms with Crippen LogP contribution in [0, 0.1) is 17.8 Å². The molecule has 114 valence electrons. The molecule has 0 aliphatic carbocycles. The molecule has 0 spiro atoms. The Morgan fingerprint density at radius 3 is 2.37 bits per heavy atom. The monoisotopic (exact) mass is 270 g/mol. The molecule has 3 heteroatoms. The molecule has 0 saturated carbocycles. The molecule has 0 aliphatic heterocycles. The number of hydrogen-bond acceptors (Lipinski definition) is 2. The van der Waals surface area contributed by atoms with Crippen LogP contribution in [-0.2, 0) is 4.79 Å². The summed E-state index contributed by atoms with van der Waals surface area (Å²) in [6.45, 7) is 10.2. The summed E-state index contributed by atoms with van der Waals surface area (Å²) in [5, 5.41) is 3.09. The van der Waals surface area contributed by atoms with Crippen LogP contribution in [-0.4, -0.2) is 19.0 Å². The predicted octanol–water partition coefficient (Wildman–Crippen LogP) is 3.33. The zero-order valence-corrected chi connectivity index (χ0v) is 13.4. The van der Waals surface area contributed by atoms with E-state index >= 15 is 0 Å². The third-order valence-electron chi connectivity index (χ3n) is 3.74. The van der Waals surface area contributed by atoms with Crippen LogP contribution < -0.4 is 11.1 Å². The van der Waals surface area contributed by atoms with Crippen molar-refractivity contribution in [1.82, 2.24) is 5.32 Å². The van der Waals surface area contributed by atoms with E-state index < -0.39 is 0 Å². The number of rotatable bonds is 11. The molecule has 0 saturated heterocycles. The minimum atomic E-state index is 0.172. The molecule has 0 fully saturated rings. The zero-order chi connectivity index (χ0) is 14.7. The van der Waals surface area contributed by atoms with Gasteiger partial charge in [0.15, 0.2) is 0 Å². The summed E-state index contributed by atoms with van der Waals surface area (Å²) >= 11 is 0. The fourth-order valence-corrected chi connectivity index (χ4v) is 2.47. The maximum atomic E-state index is 11.9. The maximum Gasteiger partial charge on any atom is 0.220 e. The van der Waals surface area contributed by atoms with Gasteiger partial charge in [0.1, 0.15) is 0 Å². The van der Waals surface area contributed by atoms with E-state index in [2.05, 4.69) is 33.0 Å². The summed E-state index contributed by atoms with van der Waals surface area (Å²) in [4.78, 5) is 11.9. The third kappa shape index (κ3) is 9.94. The highest BCUT2D eigenvalue weighted by Gasteiger charge is 2.15. The van der Waals surface area contributed by atoms with Crippen LogP contribution in [0.3, 0.4) is 0 Å². The van der Waals surface area contributed by atoms with Crippen molar-refractivity contribution < 1.29 is 4.79 Å². The number of carbonyl (C=O) groups is 1. The van der Waals surface area contributed by atoms with Crippen LogP contribution in [0.4, 0.5) is 0 Å². The van der Waals surface area contributed by atoms with Gasteiger partial charge in [-0.1, -0.05) is 47.0 Å². The van der Waals surface area contributed by atoms with Gasteiger partial charge in [-0.3, -0.25) is 4.79 Å². The Morgan fingerprint density at radius 2 is 1.89 bits per heavy atom. The van der Waals surface area contributed by atoms with Gasteiger partial charge in [0.2, 0.25) is 5.91 Å². The first-order valence-corrected chi connectivity index (χ1v) is 8.00. The molecular formula is C16H34N2O. The fourth-order valence-electron chi connectivity index (χ4n) is 2.47. The first kappa shape index (κ1) is 18.4. The van der Waals surface area contributed by atoms with E-state index in [4.69, 9.17) is 5.73 Å². The van der Waals surface area contributed by atoms with Crippen molar-refractivity contribution in [3.05, 3.63) is 0 Å². The normalized spacial score (nSPS) is 14.4. The molecule has 3 N–H and O–H groups in total. The first-order chi connectivity index (χ1) is 9.03. The van der Waals surface area contributed by atoms with Crippen molar-refractivity contribution in [2.24, 2.45) is 23.5 Å². The van der Waals surface area contributed by atoms with Gasteiger partial charge in [0, 0.05) is 13.0 Å². The molecule has 0 aromatic carbocycles. The van der Waals surface area contributed by atoms with Gasteiger partial charge in [-0.15, -0.1) is 0 Å². The zero-order valence-electron chi connectivity index (χ0n) is 13.4. The van der Waals surface area contributed by atoms with Gasteiger partial charge in [0.25, 0.3) is 0 Å². The lowest BCUT2D eigenvalue weighted by atomic mass is 9.93. The lowest BCUT2D eigenvalue weighted by Crippen LogP contribution is -2.32. The molecule has 1 amide bonds. The Morgan fingerprint density at radius 1 is 1.21 bits per heavy atom. The van der Waals surface area contributed by atoms with Gasteiger partial charge >= 0.3 is 0 Å². The van der Waals surface area contributed by atoms with Gasteiger partial charge in [0.05, 0.1) is 0 Å². The topological polar surface area (TPSA) is 55.1 Å². The van der Waals surface area contributed by atoms with Gasteiger partial charge in [-0.25, -0.2) is 0 Å². The molecule has 0 heterocycles. The molecule has 1 unspecified atom stereocenters. The standard InChI is InChI=1S/C16H34N2O/c1-5-7-8-14(6-2)12-18-16(19)10-15(11-17)9-13(3)4/h13-15H,5-12,17H2,1-4H3,(H,18,19)/t14?,15-/m0/s1. The molecular weight excluding hydrogens is 236 g/mol. The lowest BCUT2D eigenvalue weighted by molar-refractivity contribution is -0.122. The van der Waals surface area contributed by atoms with Crippen molar-refractivity contribution in [2.75, 3.05) is 13.1 Å². The molecule has 0 aliphatic rings. The van der Waals surface area contributed by atoms with E-state index in [1.54, 1.807) is 0 Å². The van der Waals surface area contributed by atoms with Crippen LogP contribution in [0.1, 0.15) is 66.2 Å². The van der Waals surface area contributed by atoms with E-state index in [1.807, 2.05) is 0 Å². The van der Waals surface area contributed by atoms with Crippen molar-refractivity contribution in [3.63, 3.8) is 0 Å². The second kappa shape index (κ2) is 11.3. The third-order valence-corrected chi connectivity index (χ3v) is 3.74. The Balaban J connectivity index is 3.94. The molecule has 0 bridgehead atoms. The highest BCUT2D eigenvalue weighted by Crippen LogP contribution is 2.15. The SMILES string of the molecule is CCCCC(CC)CNC(=O)C[C@@H](CN)CC(C)C. The number of amides is 1. The average Bonchev–Trinajstić information content (AvgIpc) is 2.37. The molecule has 19 heavy (non-hydrogen) atoms. The quantitative estimate of drug-likeness (QED) is 0.605. The van der Waals surface area contributed by atoms with Gasteiger partial charge < -0.3 is 11.1 Å². The van der Waals surface area contributed by atoms with Crippen LogP contribution >= 0.6 is 0 Å². The van der Waals surface area contributed by atoms with Crippen molar-refractivity contribution in [1.29, 1.82) is 0 Å². The molecule has 0 aromatic rings. The van der Waals surface area contributed by atoms with E-state index in [9.17, 15) is 4.79 Å². The number of carbonyl (C=O) groups excluding carboxylic acids is 1. The Labute approximate surface area is 119 Å². The first-order valence-electron chi connectivity index (χ1n) is 8.00. The van der Waals surface area contributed by atoms with Crippen LogP contribution in [0.15, 0.2) is 0 Å². The van der Waals surface area contributed by atoms with Gasteiger partial charge in [-0.05, 0) is 37.1 Å². The summed E-state index contributed by atoms with van der Waals surface area (Å²) < 4.78 is 0. The maximum absolute atomic E-state index is 11.9. The molecule has 0 rings (SSSR count). The molecule has 0 radical (unpaired) electrons. The van der Waals surface area contributed by atoms with Crippen molar-refractivity contribution in [3.8, 4) is 0 Å². The Kier molecular flexibility index (Phi) is 10.9. The predicted molar refractivity (Wildman–Crippen MR) is 82.9 cm³/mol. The summed E-state index contributed by atoms with van der Waals surface area (Å²) in [6, 6.07) is 0. The highest BCUT2D eigenvalue weighted by molar-refractivity contribution is 5.76. The van der Waals surface area contributed by atoms with Crippen molar-refractivity contribution in [2.45, 2.75) is 66.2 Å². The lowest BCUT2D eigenvalue weighted by Gasteiger charge is -2.19. The molecule has 3 nitrogen and oxygen atoms in total. The molecule has 2 atom stereocenters. The number of unbranched alkanes of at least 4 members (excludes halogenated alkanes) is 1. The van der Waals surface area contributed by atoms with Crippen molar-refractivity contribution >= 4 is 5.91 Å². The van der Waals surface area contributed by atoms with E-state index in [1.165, 1.54) is 19.3 Å². The second-order valence-electron chi connectivity index (χ2n) is 6.16. The number of hydrogen-bond donors (Lipinski definition) is 2. The minimum absolute atomic E-state index is 0.172. The smallest absolute Gasteiger partial charge is 0.220 e.